The molecule has 2 aromatic rings. The van der Waals surface area contributed by atoms with Crippen molar-refractivity contribution in [3.63, 3.8) is 0 Å². The first-order valence-electron chi connectivity index (χ1n) is 35.8. The fourth-order valence-electron chi connectivity index (χ4n) is 12.8. The predicted octanol–water partition coefficient (Wildman–Crippen LogP) is -2.41. The summed E-state index contributed by atoms with van der Waals surface area (Å²) in [6.07, 6.45) is 4.69. The number of carbonyl (C=O) groups is 12. The number of hydrogen-bond acceptors (Lipinski definition) is 33. The van der Waals surface area contributed by atoms with Gasteiger partial charge in [0.05, 0.1) is 69.9 Å². The Hall–Kier alpha value is -6.57. The number of hydrogen-bond donors (Lipinski definition) is 11. The van der Waals surface area contributed by atoms with E-state index in [1.807, 2.05) is 23.5 Å². The number of imidazole rings is 1. The second-order valence-corrected chi connectivity index (χ2v) is 35.5. The third-order valence-corrected chi connectivity index (χ3v) is 25.9. The van der Waals surface area contributed by atoms with Crippen LogP contribution in [0, 0.1) is 5.41 Å². The molecule has 7 aliphatic rings. The van der Waals surface area contributed by atoms with Gasteiger partial charge in [-0.2, -0.15) is 23.5 Å². The van der Waals surface area contributed by atoms with E-state index >= 15 is 0 Å². The number of aliphatic hydroxyl groups is 2. The molecule has 0 radical (unpaired) electrons. The summed E-state index contributed by atoms with van der Waals surface area (Å²) in [5, 5.41) is 43.6. The maximum atomic E-state index is 12.9. The summed E-state index contributed by atoms with van der Waals surface area (Å²) in [5.41, 5.74) is 4.00. The Bertz CT molecular complexity index is 3830. The second kappa shape index (κ2) is 41.5. The highest BCUT2D eigenvalue weighted by Gasteiger charge is 2.49. The predicted molar refractivity (Wildman–Crippen MR) is 385 cm³/mol. The Labute approximate surface area is 644 Å². The molecule has 0 saturated carbocycles. The SMILES string of the molecule is CC(C)(COP(=O)([O-])OP(=O)([O-])OC[C@H]1O[C@@H](n2cnc3c(N)ncnc32)C(O)[C@H]1OP(=O)([O-])[O-])[C@@H](O)C(=O)NCCC(=O)NCCS[C@@H]1CC(=O)N(CCCCCC(=O)NCC(=O)CCCC[C@@H]2SC[C@@H]3NC(=O)N[C@@H]32)C1=O.O=C(CCCC[C@@H]1SC[C@@H]2NC(=O)N[C@@H]21)CNC(=O)CCCCCN1C(=O)C=CC1=O. The topological polar surface area (TPSA) is 607 Å². The molecule has 6 saturated heterocycles. The minimum absolute atomic E-state index is 0.0174. The molecule has 3 unspecified atom stereocenters. The number of nitrogens with one attached hydrogen (secondary N) is 8. The van der Waals surface area contributed by atoms with E-state index < -0.39 is 89.8 Å². The van der Waals surface area contributed by atoms with Crippen molar-refractivity contribution in [2.75, 3.05) is 75.5 Å². The van der Waals surface area contributed by atoms with Gasteiger partial charge in [-0.15, -0.1) is 11.8 Å². The number of anilines is 1. The maximum Gasteiger partial charge on any atom is 0.315 e. The van der Waals surface area contributed by atoms with Crippen molar-refractivity contribution in [3.05, 3.63) is 24.8 Å². The zero-order chi connectivity index (χ0) is 80.1. The van der Waals surface area contributed by atoms with Crippen molar-refractivity contribution in [2.45, 2.75) is 200 Å². The van der Waals surface area contributed by atoms with Crippen LogP contribution >= 0.6 is 58.8 Å². The molecule has 12 amide bonds. The molecular weight excluding hydrogens is 1570 g/mol. The number of ketones is 2. The van der Waals surface area contributed by atoms with E-state index in [0.717, 1.165) is 67.3 Å². The molecule has 612 valence electrons. The molecule has 9 heterocycles. The number of ether oxygens (including phenoxy) is 1. The first kappa shape index (κ1) is 89.0. The van der Waals surface area contributed by atoms with Crippen molar-refractivity contribution in [3.8, 4) is 0 Å². The van der Waals surface area contributed by atoms with Gasteiger partial charge < -0.3 is 101 Å². The first-order valence-corrected chi connectivity index (χ1v) is 43.4. The number of phosphoric ester groups is 3. The van der Waals surface area contributed by atoms with E-state index in [1.165, 1.54) is 47.6 Å². The number of nitrogens with two attached hydrogens (primary N) is 1. The Morgan fingerprint density at radius 1 is 0.700 bits per heavy atom. The summed E-state index contributed by atoms with van der Waals surface area (Å²) < 4.78 is 60.9. The lowest BCUT2D eigenvalue weighted by Crippen LogP contribution is -2.46. The van der Waals surface area contributed by atoms with Crippen LogP contribution in [0.2, 0.25) is 0 Å². The van der Waals surface area contributed by atoms with Gasteiger partial charge in [0, 0.05) is 110 Å². The van der Waals surface area contributed by atoms with Crippen LogP contribution in [-0.4, -0.2) is 244 Å². The van der Waals surface area contributed by atoms with Crippen LogP contribution in [-0.2, 0) is 84.3 Å². The number of aliphatic hydroxyl groups excluding tert-OH is 2. The van der Waals surface area contributed by atoms with Crippen molar-refractivity contribution in [1.29, 1.82) is 0 Å². The van der Waals surface area contributed by atoms with Crippen LogP contribution in [0.4, 0.5) is 15.4 Å². The molecule has 6 fully saturated rings. The van der Waals surface area contributed by atoms with Gasteiger partial charge in [0.2, 0.25) is 35.4 Å². The lowest BCUT2D eigenvalue weighted by atomic mass is 9.87. The monoisotopic (exact) mass is 1660 g/mol. The number of thioether (sulfide) groups is 3. The van der Waals surface area contributed by atoms with Crippen molar-refractivity contribution in [1.82, 2.24) is 71.9 Å². The Kier molecular flexibility index (Phi) is 33.5. The van der Waals surface area contributed by atoms with Crippen LogP contribution in [0.3, 0.4) is 0 Å². The van der Waals surface area contributed by atoms with E-state index in [2.05, 4.69) is 75.4 Å². The van der Waals surface area contributed by atoms with Crippen molar-refractivity contribution >= 4 is 147 Å². The number of phosphoric acid groups is 3. The molecule has 0 spiro atoms. The molecule has 0 bridgehead atoms. The number of aromatic nitrogens is 4. The van der Waals surface area contributed by atoms with Crippen LogP contribution in [0.25, 0.3) is 11.2 Å². The Balaban J connectivity index is 0.000000407. The number of imide groups is 2. The minimum atomic E-state index is -5.96. The fraction of sp³-hybridized carbons (Fsp3) is 0.698. The van der Waals surface area contributed by atoms with E-state index in [4.69, 9.17) is 10.5 Å². The molecule has 110 heavy (non-hydrogen) atoms. The van der Waals surface area contributed by atoms with Gasteiger partial charge in [-0.3, -0.25) is 71.4 Å². The number of carbonyl (C=O) groups excluding carboxylic acids is 12. The van der Waals surface area contributed by atoms with Crippen LogP contribution in [0.15, 0.2) is 24.8 Å². The summed E-state index contributed by atoms with van der Waals surface area (Å²) in [6, 6.07) is 0.474. The third kappa shape index (κ3) is 27.1. The number of nitrogens with zero attached hydrogens (tertiary/aromatic N) is 6. The van der Waals surface area contributed by atoms with Crippen molar-refractivity contribution < 1.29 is 124 Å². The average molecular weight is 1660 g/mol. The van der Waals surface area contributed by atoms with E-state index in [9.17, 15) is 101 Å². The smallest absolute Gasteiger partial charge is 0.315 e. The number of amides is 12. The number of likely N-dealkylation sites (tertiary alicyclic amines) is 1. The van der Waals surface area contributed by atoms with Gasteiger partial charge in [-0.25, -0.2) is 28.9 Å². The minimum Gasteiger partial charge on any atom is -0.790 e. The number of urea groups is 2. The molecule has 14 atom stereocenters. The lowest BCUT2D eigenvalue weighted by molar-refractivity contribution is -0.347. The highest BCUT2D eigenvalue weighted by molar-refractivity contribution is 8.01. The van der Waals surface area contributed by atoms with Gasteiger partial charge in [-0.1, -0.05) is 39.5 Å². The fourth-order valence-corrected chi connectivity index (χ4v) is 19.7. The molecule has 2 aromatic heterocycles. The lowest BCUT2D eigenvalue weighted by Gasteiger charge is -2.36. The number of Topliss-reactive ketones (excluding diaryl/α,β-unsaturated/α-hetero) is 2. The normalized spacial score (nSPS) is 24.9. The highest BCUT2D eigenvalue weighted by atomic mass is 32.2. The number of unbranched alkanes of at least 4 members (excludes halogenated alkanes) is 6. The van der Waals surface area contributed by atoms with Gasteiger partial charge in [0.25, 0.3) is 27.5 Å². The Morgan fingerprint density at radius 2 is 1.25 bits per heavy atom. The summed E-state index contributed by atoms with van der Waals surface area (Å²) in [6.45, 7) is 0.392. The standard InChI is InChI=1S/C42H66N11O21P3S2.C21H30N4O5S/c1-42(2,20-71-77(68,69)74-76(66,67)70-18-25-34(73-75(63,64)65)33(58)40(72-25)53-22-49-32-36(43)47-21-48-37(32)53)35(59)38(60)45-12-11-29(56)44-13-15-78-27-16-30(57)52(39(27)61)14-7-3-4-10-28(55)46-17-23(54)8-5-6-9-26-31-24(19-79-26)50-41(62)51-31;26-14(6-3-4-7-16-20-15(13-31-16)23-21(30)24-20)12-22-17(27)8-2-1-5-11-25-18(28)9-10-19(25)29/h21-22,24-27,31,33-35,40,58-59H,3-20H2,1-2H3,(H,44,56)(H,45,60)(H,46,55)(H,66,67)(H,68,69)(H2,43,47,48)(H2,50,51,62)(H2,63,64,65);9-10,15-16,20H,1-8,11-13H2,(H,22,27)(H2,23,24,30)/p-4/t24-,25+,26-,27+,31-,33?,34-,35-,40+;15-,16-,20-/m00/s1. The van der Waals surface area contributed by atoms with E-state index in [-0.39, 0.29) is 158 Å². The maximum absolute atomic E-state index is 12.9. The average Bonchev–Trinajstić information content (AvgIpc) is 1.61. The molecule has 12 N–H and O–H groups in total. The van der Waals surface area contributed by atoms with Crippen LogP contribution in [0.1, 0.15) is 136 Å². The number of fused-ring (bicyclic) bond motifs is 3. The van der Waals surface area contributed by atoms with Gasteiger partial charge >= 0.3 is 12.1 Å². The molecule has 7 aliphatic heterocycles. The van der Waals surface area contributed by atoms with Gasteiger partial charge in [0.15, 0.2) is 29.3 Å². The molecule has 47 heteroatoms. The van der Waals surface area contributed by atoms with E-state index in [1.54, 1.807) is 0 Å². The number of rotatable bonds is 46. The Morgan fingerprint density at radius 3 is 1.82 bits per heavy atom. The van der Waals surface area contributed by atoms with Gasteiger partial charge in [-0.05, 0) is 51.4 Å². The molecule has 41 nitrogen and oxygen atoms in total. The van der Waals surface area contributed by atoms with Gasteiger partial charge in [0.1, 0.15) is 36.3 Å². The highest BCUT2D eigenvalue weighted by Crippen LogP contribution is 2.57. The molecule has 0 aliphatic carbocycles. The summed E-state index contributed by atoms with van der Waals surface area (Å²) >= 11 is 4.87. The summed E-state index contributed by atoms with van der Waals surface area (Å²) in [7, 11) is -17.7. The van der Waals surface area contributed by atoms with Crippen LogP contribution in [0.5, 0.6) is 0 Å². The van der Waals surface area contributed by atoms with E-state index in [0.29, 0.717) is 74.8 Å². The van der Waals surface area contributed by atoms with Crippen LogP contribution < -0.4 is 67.8 Å². The largest absolute Gasteiger partial charge is 0.790 e. The zero-order valence-corrected chi connectivity index (χ0v) is 65.4. The molecule has 0 aromatic carbocycles. The summed E-state index contributed by atoms with van der Waals surface area (Å²) in [5.74, 6) is -1.31. The summed E-state index contributed by atoms with van der Waals surface area (Å²) in [4.78, 5) is 207. The first-order chi connectivity index (χ1) is 52.1. The van der Waals surface area contributed by atoms with Crippen molar-refractivity contribution in [2.24, 2.45) is 5.41 Å². The quantitative estimate of drug-likeness (QED) is 0.0142. The molecule has 9 rings (SSSR count). The second-order valence-electron chi connectivity index (χ2n) is 27.6. The third-order valence-electron chi connectivity index (χ3n) is 18.7. The number of nitrogen functional groups attached to an aromatic ring is 1. The zero-order valence-electron chi connectivity index (χ0n) is 60.3. The molecular formula is C63H92N15O26P3S3-4.